The number of rotatable bonds is 7. The van der Waals surface area contributed by atoms with E-state index in [9.17, 15) is 12.8 Å². The van der Waals surface area contributed by atoms with Gasteiger partial charge in [-0.25, -0.2) is 12.8 Å². The lowest BCUT2D eigenvalue weighted by Gasteiger charge is -2.28. The predicted octanol–water partition coefficient (Wildman–Crippen LogP) is 2.68. The molecule has 124 valence electrons. The van der Waals surface area contributed by atoms with E-state index >= 15 is 0 Å². The van der Waals surface area contributed by atoms with E-state index in [0.29, 0.717) is 13.0 Å². The lowest BCUT2D eigenvalue weighted by atomic mass is 9.98. The Hall–Kier alpha value is -1.79. The number of aromatic nitrogens is 1. The highest BCUT2D eigenvalue weighted by Crippen LogP contribution is 2.27. The van der Waals surface area contributed by atoms with Crippen LogP contribution in [0.4, 0.5) is 4.39 Å². The lowest BCUT2D eigenvalue weighted by Crippen LogP contribution is -2.28. The van der Waals surface area contributed by atoms with Gasteiger partial charge < -0.3 is 0 Å². The second-order valence-electron chi connectivity index (χ2n) is 5.70. The van der Waals surface area contributed by atoms with Gasteiger partial charge in [0.05, 0.1) is 11.8 Å². The van der Waals surface area contributed by atoms with Gasteiger partial charge in [0.25, 0.3) is 0 Å². The van der Waals surface area contributed by atoms with E-state index in [0.717, 1.165) is 11.1 Å². The molecular formula is C17H21FN2O2S. The summed E-state index contributed by atoms with van der Waals surface area (Å²) in [6, 6.07) is 10.1. The van der Waals surface area contributed by atoms with E-state index < -0.39 is 9.84 Å². The zero-order valence-electron chi connectivity index (χ0n) is 13.3. The molecule has 0 amide bonds. The van der Waals surface area contributed by atoms with Crippen LogP contribution in [0.2, 0.25) is 0 Å². The van der Waals surface area contributed by atoms with Crippen molar-refractivity contribution in [3.63, 3.8) is 0 Å². The Balaban J connectivity index is 2.21. The predicted molar refractivity (Wildman–Crippen MR) is 89.4 cm³/mol. The van der Waals surface area contributed by atoms with Gasteiger partial charge in [-0.2, -0.15) is 0 Å². The third-order valence-corrected chi connectivity index (χ3v) is 4.68. The van der Waals surface area contributed by atoms with Gasteiger partial charge in [0.15, 0.2) is 0 Å². The number of hydrogen-bond acceptors (Lipinski definition) is 4. The summed E-state index contributed by atoms with van der Waals surface area (Å²) in [5.74, 6) is -0.126. The maximum atomic E-state index is 13.2. The Labute approximate surface area is 136 Å². The number of sulfone groups is 1. The summed E-state index contributed by atoms with van der Waals surface area (Å²) in [6.45, 7) is 0.615. The minimum Gasteiger partial charge on any atom is -0.295 e. The number of nitrogens with zero attached hydrogens (tertiary/aromatic N) is 2. The van der Waals surface area contributed by atoms with Crippen molar-refractivity contribution in [2.45, 2.75) is 12.5 Å². The van der Waals surface area contributed by atoms with Crippen LogP contribution in [0, 0.1) is 5.82 Å². The zero-order valence-corrected chi connectivity index (χ0v) is 14.1. The number of hydrogen-bond donors (Lipinski definition) is 0. The van der Waals surface area contributed by atoms with Crippen molar-refractivity contribution in [3.05, 3.63) is 65.7 Å². The van der Waals surface area contributed by atoms with E-state index in [-0.39, 0.29) is 17.6 Å². The Morgan fingerprint density at radius 1 is 1.17 bits per heavy atom. The molecule has 1 aromatic carbocycles. The van der Waals surface area contributed by atoms with Crippen molar-refractivity contribution in [2.75, 3.05) is 25.6 Å². The molecule has 0 saturated heterocycles. The maximum absolute atomic E-state index is 13.2. The molecule has 0 aliphatic rings. The van der Waals surface area contributed by atoms with Gasteiger partial charge in [-0.05, 0) is 49.3 Å². The second kappa shape index (κ2) is 7.66. The molecule has 1 aromatic heterocycles. The average molecular weight is 336 g/mol. The van der Waals surface area contributed by atoms with Gasteiger partial charge in [-0.3, -0.25) is 9.88 Å². The van der Waals surface area contributed by atoms with Crippen molar-refractivity contribution in [1.29, 1.82) is 0 Å². The van der Waals surface area contributed by atoms with Crippen LogP contribution in [0.3, 0.4) is 0 Å². The van der Waals surface area contributed by atoms with E-state index in [2.05, 4.69) is 9.88 Å². The first-order valence-electron chi connectivity index (χ1n) is 7.40. The highest BCUT2D eigenvalue weighted by atomic mass is 32.2. The lowest BCUT2D eigenvalue weighted by molar-refractivity contribution is 0.279. The van der Waals surface area contributed by atoms with Crippen molar-refractivity contribution in [2.24, 2.45) is 0 Å². The molecule has 0 aliphatic carbocycles. The summed E-state index contributed by atoms with van der Waals surface area (Å²) in [5, 5.41) is 0. The van der Waals surface area contributed by atoms with E-state index in [1.165, 1.54) is 18.4 Å². The Morgan fingerprint density at radius 3 is 2.43 bits per heavy atom. The quantitative estimate of drug-likeness (QED) is 0.780. The van der Waals surface area contributed by atoms with Crippen molar-refractivity contribution in [1.82, 2.24) is 9.88 Å². The molecule has 1 heterocycles. The first kappa shape index (κ1) is 17.6. The standard InChI is InChI=1S/C17H21FN2O2S/c1-20(11-4-12-23(2,21)22)17(15-5-3-10-19-13-15)14-6-8-16(18)9-7-14/h3,5-10,13,17H,4,11-12H2,1-2H3/t17-/m1/s1. The molecule has 1 atom stereocenters. The molecule has 0 bridgehead atoms. The van der Waals surface area contributed by atoms with Crippen LogP contribution in [-0.2, 0) is 9.84 Å². The van der Waals surface area contributed by atoms with E-state index in [4.69, 9.17) is 0 Å². The fraction of sp³-hybridized carbons (Fsp3) is 0.353. The van der Waals surface area contributed by atoms with Gasteiger partial charge in [0.2, 0.25) is 0 Å². The Kier molecular flexibility index (Phi) is 5.85. The van der Waals surface area contributed by atoms with E-state index in [1.54, 1.807) is 24.5 Å². The van der Waals surface area contributed by atoms with Crippen molar-refractivity contribution in [3.8, 4) is 0 Å². The molecule has 6 heteroatoms. The van der Waals surface area contributed by atoms with Crippen LogP contribution < -0.4 is 0 Å². The third kappa shape index (κ3) is 5.41. The molecule has 0 spiro atoms. The van der Waals surface area contributed by atoms with Crippen LogP contribution in [0.1, 0.15) is 23.6 Å². The maximum Gasteiger partial charge on any atom is 0.147 e. The molecular weight excluding hydrogens is 315 g/mol. The van der Waals surface area contributed by atoms with Gasteiger partial charge in [0.1, 0.15) is 15.7 Å². The first-order chi connectivity index (χ1) is 10.9. The van der Waals surface area contributed by atoms with Gasteiger partial charge in [-0.15, -0.1) is 0 Å². The van der Waals surface area contributed by atoms with Gasteiger partial charge >= 0.3 is 0 Å². The Bertz CT molecular complexity index is 718. The van der Waals surface area contributed by atoms with Crippen LogP contribution in [0.15, 0.2) is 48.8 Å². The largest absolute Gasteiger partial charge is 0.295 e. The molecule has 0 radical (unpaired) electrons. The summed E-state index contributed by atoms with van der Waals surface area (Å²) in [6.07, 6.45) is 5.27. The summed E-state index contributed by atoms with van der Waals surface area (Å²) < 4.78 is 35.8. The average Bonchev–Trinajstić information content (AvgIpc) is 2.49. The van der Waals surface area contributed by atoms with Crippen LogP contribution in [-0.4, -0.2) is 43.9 Å². The second-order valence-corrected chi connectivity index (χ2v) is 7.96. The summed E-state index contributed by atoms with van der Waals surface area (Å²) in [4.78, 5) is 6.22. The van der Waals surface area contributed by atoms with Crippen LogP contribution in [0.25, 0.3) is 0 Å². The van der Waals surface area contributed by atoms with Crippen molar-refractivity contribution < 1.29 is 12.8 Å². The highest BCUT2D eigenvalue weighted by molar-refractivity contribution is 7.90. The summed E-state index contributed by atoms with van der Waals surface area (Å²) in [5.41, 5.74) is 1.93. The monoisotopic (exact) mass is 336 g/mol. The molecule has 2 aromatic rings. The fourth-order valence-electron chi connectivity index (χ4n) is 2.59. The molecule has 23 heavy (non-hydrogen) atoms. The molecule has 0 aliphatic heterocycles. The summed E-state index contributed by atoms with van der Waals surface area (Å²) in [7, 11) is -1.04. The topological polar surface area (TPSA) is 50.3 Å². The molecule has 4 nitrogen and oxygen atoms in total. The molecule has 0 saturated carbocycles. The molecule has 0 unspecified atom stereocenters. The number of pyridine rings is 1. The Morgan fingerprint density at radius 2 is 1.87 bits per heavy atom. The van der Waals surface area contributed by atoms with E-state index in [1.807, 2.05) is 19.2 Å². The van der Waals surface area contributed by atoms with Crippen LogP contribution in [0.5, 0.6) is 0 Å². The normalized spacial score (nSPS) is 13.2. The third-order valence-electron chi connectivity index (χ3n) is 3.65. The smallest absolute Gasteiger partial charge is 0.147 e. The first-order valence-corrected chi connectivity index (χ1v) is 9.46. The fourth-order valence-corrected chi connectivity index (χ4v) is 3.24. The minimum atomic E-state index is -2.97. The van der Waals surface area contributed by atoms with Crippen LogP contribution >= 0.6 is 0 Å². The molecule has 0 N–H and O–H groups in total. The molecule has 0 fully saturated rings. The zero-order chi connectivity index (χ0) is 16.9. The highest BCUT2D eigenvalue weighted by Gasteiger charge is 2.19. The number of halogens is 1. The SMILES string of the molecule is CN(CCCS(C)(=O)=O)[C@H](c1ccc(F)cc1)c1cccnc1. The van der Waals surface area contributed by atoms with Gasteiger partial charge in [0, 0.05) is 18.6 Å². The van der Waals surface area contributed by atoms with Gasteiger partial charge in [-0.1, -0.05) is 18.2 Å². The number of benzene rings is 1. The summed E-state index contributed by atoms with van der Waals surface area (Å²) >= 11 is 0. The molecule has 2 rings (SSSR count). The minimum absolute atomic E-state index is 0.0936. The van der Waals surface area contributed by atoms with Crippen molar-refractivity contribution >= 4 is 9.84 Å².